The lowest BCUT2D eigenvalue weighted by atomic mass is 10.2. The van der Waals surface area contributed by atoms with Gasteiger partial charge < -0.3 is 15.4 Å². The minimum atomic E-state index is -0.456. The Morgan fingerprint density at radius 3 is 2.77 bits per heavy atom. The van der Waals surface area contributed by atoms with Crippen LogP contribution in [0, 0.1) is 0 Å². The largest absolute Gasteiger partial charge is 0.465 e. The van der Waals surface area contributed by atoms with Gasteiger partial charge in [-0.1, -0.05) is 41.9 Å². The fourth-order valence-electron chi connectivity index (χ4n) is 2.22. The van der Waals surface area contributed by atoms with Crippen LogP contribution in [0.25, 0.3) is 0 Å². The van der Waals surface area contributed by atoms with Crippen molar-refractivity contribution in [3.05, 3.63) is 70.9 Å². The molecule has 1 aromatic heterocycles. The van der Waals surface area contributed by atoms with E-state index < -0.39 is 5.97 Å². The van der Waals surface area contributed by atoms with Gasteiger partial charge in [0.2, 0.25) is 5.95 Å². The van der Waals surface area contributed by atoms with Crippen LogP contribution in [0.15, 0.2) is 54.7 Å². The third kappa shape index (κ3) is 4.46. The number of methoxy groups -OCH3 is 1. The molecule has 0 aliphatic rings. The first kappa shape index (κ1) is 17.6. The molecule has 0 fully saturated rings. The maximum Gasteiger partial charge on any atom is 0.337 e. The Labute approximate surface area is 155 Å². The van der Waals surface area contributed by atoms with Gasteiger partial charge in [-0.15, -0.1) is 5.10 Å². The summed E-state index contributed by atoms with van der Waals surface area (Å²) < 4.78 is 4.71. The number of halogens is 1. The first-order valence-electron chi connectivity index (χ1n) is 7.78. The SMILES string of the molecule is COC(=O)c1ccc(Cl)c(Nc2nncc(NCc3ccccc3)n2)c1. The van der Waals surface area contributed by atoms with Gasteiger partial charge in [0.15, 0.2) is 5.82 Å². The second-order valence-electron chi connectivity index (χ2n) is 5.32. The van der Waals surface area contributed by atoms with E-state index in [-0.39, 0.29) is 5.95 Å². The lowest BCUT2D eigenvalue weighted by Gasteiger charge is -2.10. The van der Waals surface area contributed by atoms with E-state index in [9.17, 15) is 4.79 Å². The van der Waals surface area contributed by atoms with Gasteiger partial charge >= 0.3 is 5.97 Å². The van der Waals surface area contributed by atoms with Crippen molar-refractivity contribution in [1.29, 1.82) is 0 Å². The molecule has 0 aliphatic carbocycles. The van der Waals surface area contributed by atoms with Crippen LogP contribution in [-0.4, -0.2) is 28.3 Å². The Kier molecular flexibility index (Phi) is 5.60. The van der Waals surface area contributed by atoms with E-state index in [1.807, 2.05) is 30.3 Å². The molecule has 132 valence electrons. The highest BCUT2D eigenvalue weighted by Gasteiger charge is 2.10. The van der Waals surface area contributed by atoms with Gasteiger partial charge in [0.25, 0.3) is 0 Å². The van der Waals surface area contributed by atoms with Crippen molar-refractivity contribution in [1.82, 2.24) is 15.2 Å². The molecule has 0 unspecified atom stereocenters. The molecule has 0 spiro atoms. The second kappa shape index (κ2) is 8.26. The Bertz CT molecular complexity index is 905. The normalized spacial score (nSPS) is 10.2. The Balaban J connectivity index is 1.73. The summed E-state index contributed by atoms with van der Waals surface area (Å²) in [5, 5.41) is 14.4. The van der Waals surface area contributed by atoms with Crippen molar-refractivity contribution >= 4 is 35.0 Å². The average molecular weight is 370 g/mol. The van der Waals surface area contributed by atoms with Crippen LogP contribution in [0.5, 0.6) is 0 Å². The highest BCUT2D eigenvalue weighted by Crippen LogP contribution is 2.25. The Morgan fingerprint density at radius 2 is 2.00 bits per heavy atom. The molecule has 26 heavy (non-hydrogen) atoms. The van der Waals surface area contributed by atoms with Crippen molar-refractivity contribution < 1.29 is 9.53 Å². The maximum atomic E-state index is 11.7. The summed E-state index contributed by atoms with van der Waals surface area (Å²) in [5.74, 6) is 0.362. The summed E-state index contributed by atoms with van der Waals surface area (Å²) >= 11 is 6.17. The predicted octanol–water partition coefficient (Wildman–Crippen LogP) is 3.67. The number of carbonyl (C=O) groups is 1. The summed E-state index contributed by atoms with van der Waals surface area (Å²) in [6.07, 6.45) is 1.53. The topological polar surface area (TPSA) is 89.0 Å². The first-order chi connectivity index (χ1) is 12.7. The van der Waals surface area contributed by atoms with Crippen molar-refractivity contribution in [3.63, 3.8) is 0 Å². The zero-order valence-corrected chi connectivity index (χ0v) is 14.7. The highest BCUT2D eigenvalue weighted by atomic mass is 35.5. The number of ether oxygens (including phenoxy) is 1. The number of benzene rings is 2. The predicted molar refractivity (Wildman–Crippen MR) is 99.7 cm³/mol. The second-order valence-corrected chi connectivity index (χ2v) is 5.72. The van der Waals surface area contributed by atoms with Crippen molar-refractivity contribution in [2.45, 2.75) is 6.54 Å². The highest BCUT2D eigenvalue weighted by molar-refractivity contribution is 6.33. The lowest BCUT2D eigenvalue weighted by molar-refractivity contribution is 0.0601. The minimum Gasteiger partial charge on any atom is -0.465 e. The standard InChI is InChI=1S/C18H16ClN5O2/c1-26-17(25)13-7-8-14(19)15(9-13)22-18-23-16(11-21-24-18)20-10-12-5-3-2-4-6-12/h2-9,11H,10H2,1H3,(H2,20,22,23,24). The number of aromatic nitrogens is 3. The number of rotatable bonds is 6. The van der Waals surface area contributed by atoms with Gasteiger partial charge in [0.05, 0.1) is 29.6 Å². The lowest BCUT2D eigenvalue weighted by Crippen LogP contribution is -2.06. The minimum absolute atomic E-state index is 0.256. The first-order valence-corrected chi connectivity index (χ1v) is 8.16. The number of nitrogens with zero attached hydrogens (tertiary/aromatic N) is 3. The van der Waals surface area contributed by atoms with E-state index >= 15 is 0 Å². The van der Waals surface area contributed by atoms with E-state index in [2.05, 4.69) is 25.8 Å². The Morgan fingerprint density at radius 1 is 1.19 bits per heavy atom. The summed E-state index contributed by atoms with van der Waals surface area (Å²) in [6.45, 7) is 0.609. The number of hydrogen-bond donors (Lipinski definition) is 2. The van der Waals surface area contributed by atoms with Crippen molar-refractivity contribution in [3.8, 4) is 0 Å². The smallest absolute Gasteiger partial charge is 0.337 e. The van der Waals surface area contributed by atoms with Crippen LogP contribution in [0.3, 0.4) is 0 Å². The van der Waals surface area contributed by atoms with E-state index in [4.69, 9.17) is 16.3 Å². The van der Waals surface area contributed by atoms with E-state index in [1.165, 1.54) is 13.3 Å². The number of anilines is 3. The van der Waals surface area contributed by atoms with Gasteiger partial charge in [0.1, 0.15) is 0 Å². The third-order valence-electron chi connectivity index (χ3n) is 3.51. The summed E-state index contributed by atoms with van der Waals surface area (Å²) in [4.78, 5) is 16.0. The van der Waals surface area contributed by atoms with E-state index in [1.54, 1.807) is 18.2 Å². The molecule has 0 saturated carbocycles. The maximum absolute atomic E-state index is 11.7. The molecule has 0 bridgehead atoms. The molecule has 3 aromatic rings. The van der Waals surface area contributed by atoms with Crippen molar-refractivity contribution in [2.24, 2.45) is 0 Å². The molecule has 0 amide bonds. The molecule has 1 heterocycles. The third-order valence-corrected chi connectivity index (χ3v) is 3.84. The van der Waals surface area contributed by atoms with Gasteiger partial charge in [-0.2, -0.15) is 10.1 Å². The number of carbonyl (C=O) groups excluding carboxylic acids is 1. The van der Waals surface area contributed by atoms with Crippen LogP contribution >= 0.6 is 11.6 Å². The van der Waals surface area contributed by atoms with Crippen LogP contribution in [-0.2, 0) is 11.3 Å². The molecule has 0 saturated heterocycles. The van der Waals surface area contributed by atoms with Crippen LogP contribution < -0.4 is 10.6 Å². The summed E-state index contributed by atoms with van der Waals surface area (Å²) in [5.41, 5.74) is 1.97. The van der Waals surface area contributed by atoms with Crippen LogP contribution in [0.4, 0.5) is 17.5 Å². The molecular weight excluding hydrogens is 354 g/mol. The van der Waals surface area contributed by atoms with Crippen LogP contribution in [0.2, 0.25) is 5.02 Å². The monoisotopic (exact) mass is 369 g/mol. The molecule has 3 rings (SSSR count). The van der Waals surface area contributed by atoms with E-state index in [0.29, 0.717) is 28.6 Å². The molecule has 8 heteroatoms. The summed E-state index contributed by atoms with van der Waals surface area (Å²) in [6, 6.07) is 14.7. The zero-order chi connectivity index (χ0) is 18.4. The Hall–Kier alpha value is -3.19. The molecule has 0 radical (unpaired) electrons. The quantitative estimate of drug-likeness (QED) is 0.641. The fourth-order valence-corrected chi connectivity index (χ4v) is 2.38. The molecule has 7 nitrogen and oxygen atoms in total. The van der Waals surface area contributed by atoms with Gasteiger partial charge in [-0.05, 0) is 23.8 Å². The fraction of sp³-hybridized carbons (Fsp3) is 0.111. The molecule has 2 aromatic carbocycles. The van der Waals surface area contributed by atoms with Gasteiger partial charge in [-0.3, -0.25) is 0 Å². The molecule has 2 N–H and O–H groups in total. The molecule has 0 atom stereocenters. The van der Waals surface area contributed by atoms with Gasteiger partial charge in [0, 0.05) is 6.54 Å². The number of nitrogens with one attached hydrogen (secondary N) is 2. The van der Waals surface area contributed by atoms with Crippen molar-refractivity contribution in [2.75, 3.05) is 17.7 Å². The van der Waals surface area contributed by atoms with E-state index in [0.717, 1.165) is 5.56 Å². The molecular formula is C18H16ClN5O2. The summed E-state index contributed by atoms with van der Waals surface area (Å²) in [7, 11) is 1.32. The van der Waals surface area contributed by atoms with Gasteiger partial charge in [-0.25, -0.2) is 4.79 Å². The van der Waals surface area contributed by atoms with Crippen LogP contribution in [0.1, 0.15) is 15.9 Å². The number of esters is 1. The number of hydrogen-bond acceptors (Lipinski definition) is 7. The zero-order valence-electron chi connectivity index (χ0n) is 13.9. The average Bonchev–Trinajstić information content (AvgIpc) is 2.68. The molecule has 0 aliphatic heterocycles.